The van der Waals surface area contributed by atoms with Crippen molar-refractivity contribution in [2.45, 2.75) is 25.8 Å². The van der Waals surface area contributed by atoms with E-state index in [0.717, 1.165) is 76.8 Å². The van der Waals surface area contributed by atoms with Crippen molar-refractivity contribution in [1.82, 2.24) is 29.7 Å². The molecule has 1 atom stereocenters. The Labute approximate surface area is 159 Å². The van der Waals surface area contributed by atoms with Crippen LogP contribution in [0, 0.1) is 6.92 Å². The average Bonchev–Trinajstić information content (AvgIpc) is 3.08. The first-order chi connectivity index (χ1) is 13.2. The molecule has 2 saturated heterocycles. The second kappa shape index (κ2) is 8.33. The quantitative estimate of drug-likeness (QED) is 0.827. The van der Waals surface area contributed by atoms with Crippen LogP contribution in [0.1, 0.15) is 29.0 Å². The summed E-state index contributed by atoms with van der Waals surface area (Å²) in [6.45, 7) is 9.79. The Bertz CT molecular complexity index is 786. The van der Waals surface area contributed by atoms with Gasteiger partial charge in [0.2, 0.25) is 0 Å². The Morgan fingerprint density at radius 1 is 1.19 bits per heavy atom. The molecule has 2 aromatic heterocycles. The predicted octanol–water partition coefficient (Wildman–Crippen LogP) is 0.564. The van der Waals surface area contributed by atoms with Gasteiger partial charge in [-0.1, -0.05) is 0 Å². The van der Waals surface area contributed by atoms with Crippen molar-refractivity contribution in [2.75, 3.05) is 52.5 Å². The topological polar surface area (TPSA) is 75.0 Å². The third kappa shape index (κ3) is 4.45. The average molecular weight is 372 g/mol. The summed E-state index contributed by atoms with van der Waals surface area (Å²) in [4.78, 5) is 17.6. The van der Waals surface area contributed by atoms with Gasteiger partial charge in [0.1, 0.15) is 5.82 Å². The number of carbonyl (C=O) groups is 1. The molecule has 1 N–H and O–H groups in total. The summed E-state index contributed by atoms with van der Waals surface area (Å²) in [7, 11) is 0. The van der Waals surface area contributed by atoms with E-state index in [0.29, 0.717) is 5.56 Å². The SMILES string of the molecule is Cc1nnc2ccc(C(=O)NC3CCCN(CCN4CCOCC4)C3)cn12. The maximum atomic E-state index is 12.7. The van der Waals surface area contributed by atoms with Crippen LogP contribution in [0.4, 0.5) is 0 Å². The summed E-state index contributed by atoms with van der Waals surface area (Å²) in [5, 5.41) is 11.3. The number of aryl methyl sites for hydroxylation is 1. The largest absolute Gasteiger partial charge is 0.379 e. The molecule has 27 heavy (non-hydrogen) atoms. The maximum absolute atomic E-state index is 12.7. The predicted molar refractivity (Wildman–Crippen MR) is 102 cm³/mol. The lowest BCUT2D eigenvalue weighted by atomic mass is 10.1. The summed E-state index contributed by atoms with van der Waals surface area (Å²) in [6, 6.07) is 3.86. The van der Waals surface area contributed by atoms with Crippen LogP contribution in [-0.4, -0.2) is 88.8 Å². The van der Waals surface area contributed by atoms with Crippen molar-refractivity contribution in [1.29, 1.82) is 0 Å². The highest BCUT2D eigenvalue weighted by atomic mass is 16.5. The second-order valence-corrected chi connectivity index (χ2v) is 7.46. The van der Waals surface area contributed by atoms with Gasteiger partial charge in [-0.15, -0.1) is 10.2 Å². The Morgan fingerprint density at radius 3 is 2.85 bits per heavy atom. The monoisotopic (exact) mass is 372 g/mol. The number of pyridine rings is 1. The number of amides is 1. The first-order valence-electron chi connectivity index (χ1n) is 9.84. The number of ether oxygens (including phenoxy) is 1. The summed E-state index contributed by atoms with van der Waals surface area (Å²) in [5.41, 5.74) is 1.41. The van der Waals surface area contributed by atoms with Gasteiger partial charge in [0.15, 0.2) is 5.65 Å². The minimum absolute atomic E-state index is 0.0231. The van der Waals surface area contributed by atoms with Gasteiger partial charge in [0, 0.05) is 45.0 Å². The first-order valence-corrected chi connectivity index (χ1v) is 9.84. The van der Waals surface area contributed by atoms with Crippen molar-refractivity contribution < 1.29 is 9.53 Å². The number of fused-ring (bicyclic) bond motifs is 1. The van der Waals surface area contributed by atoms with Crippen LogP contribution in [0.5, 0.6) is 0 Å². The number of morpholine rings is 1. The molecule has 0 saturated carbocycles. The van der Waals surface area contributed by atoms with E-state index in [-0.39, 0.29) is 11.9 Å². The number of nitrogens with zero attached hydrogens (tertiary/aromatic N) is 5. The molecule has 8 nitrogen and oxygen atoms in total. The van der Waals surface area contributed by atoms with Crippen LogP contribution in [0.25, 0.3) is 5.65 Å². The molecule has 0 radical (unpaired) electrons. The number of hydrogen-bond acceptors (Lipinski definition) is 6. The van der Waals surface area contributed by atoms with E-state index in [2.05, 4.69) is 25.3 Å². The molecule has 2 aliphatic rings. The zero-order valence-corrected chi connectivity index (χ0v) is 15.9. The number of nitrogens with one attached hydrogen (secondary N) is 1. The van der Waals surface area contributed by atoms with Gasteiger partial charge in [-0.05, 0) is 38.4 Å². The molecule has 2 fully saturated rings. The standard InChI is InChI=1S/C19H28N6O2/c1-15-21-22-18-5-4-16(13-25(15)18)19(26)20-17-3-2-6-24(14-17)8-7-23-9-11-27-12-10-23/h4-5,13,17H,2-3,6-12,14H2,1H3,(H,20,26). The molecule has 2 aliphatic heterocycles. The van der Waals surface area contributed by atoms with E-state index in [4.69, 9.17) is 4.74 Å². The number of rotatable bonds is 5. The molecule has 0 aliphatic carbocycles. The van der Waals surface area contributed by atoms with Gasteiger partial charge in [-0.25, -0.2) is 0 Å². The van der Waals surface area contributed by atoms with Gasteiger partial charge < -0.3 is 15.0 Å². The Morgan fingerprint density at radius 2 is 2.00 bits per heavy atom. The van der Waals surface area contributed by atoms with Crippen molar-refractivity contribution in [3.05, 3.63) is 29.7 Å². The van der Waals surface area contributed by atoms with Gasteiger partial charge in [-0.2, -0.15) is 0 Å². The number of aromatic nitrogens is 3. The van der Waals surface area contributed by atoms with E-state index in [1.165, 1.54) is 0 Å². The first kappa shape index (κ1) is 18.3. The van der Waals surface area contributed by atoms with Crippen molar-refractivity contribution >= 4 is 11.6 Å². The lowest BCUT2D eigenvalue weighted by molar-refractivity contribution is 0.0315. The van der Waals surface area contributed by atoms with Crippen LogP contribution >= 0.6 is 0 Å². The van der Waals surface area contributed by atoms with Crippen LogP contribution in [-0.2, 0) is 4.74 Å². The molecule has 4 rings (SSSR count). The molecule has 146 valence electrons. The minimum Gasteiger partial charge on any atom is -0.379 e. The van der Waals surface area contributed by atoms with Crippen molar-refractivity contribution in [3.63, 3.8) is 0 Å². The number of likely N-dealkylation sites (tertiary alicyclic amines) is 1. The van der Waals surface area contributed by atoms with E-state index < -0.39 is 0 Å². The zero-order valence-electron chi connectivity index (χ0n) is 15.9. The molecule has 4 heterocycles. The second-order valence-electron chi connectivity index (χ2n) is 7.46. The van der Waals surface area contributed by atoms with Crippen molar-refractivity contribution in [2.24, 2.45) is 0 Å². The molecular weight excluding hydrogens is 344 g/mol. The zero-order chi connectivity index (χ0) is 18.6. The smallest absolute Gasteiger partial charge is 0.253 e. The van der Waals surface area contributed by atoms with Gasteiger partial charge in [0.05, 0.1) is 18.8 Å². The van der Waals surface area contributed by atoms with Gasteiger partial charge in [0.25, 0.3) is 5.91 Å². The molecule has 1 unspecified atom stereocenters. The number of hydrogen-bond donors (Lipinski definition) is 1. The molecule has 2 aromatic rings. The number of piperidine rings is 1. The summed E-state index contributed by atoms with van der Waals surface area (Å²) in [6.07, 6.45) is 3.98. The summed E-state index contributed by atoms with van der Waals surface area (Å²) >= 11 is 0. The summed E-state index contributed by atoms with van der Waals surface area (Å²) in [5.74, 6) is 0.761. The van der Waals surface area contributed by atoms with Crippen LogP contribution in [0.3, 0.4) is 0 Å². The van der Waals surface area contributed by atoms with Crippen LogP contribution in [0.2, 0.25) is 0 Å². The highest BCUT2D eigenvalue weighted by Gasteiger charge is 2.23. The van der Waals surface area contributed by atoms with E-state index in [9.17, 15) is 4.79 Å². The van der Waals surface area contributed by atoms with Crippen LogP contribution < -0.4 is 5.32 Å². The third-order valence-electron chi connectivity index (χ3n) is 5.51. The minimum atomic E-state index is -0.0231. The fraction of sp³-hybridized carbons (Fsp3) is 0.632. The Kier molecular flexibility index (Phi) is 5.66. The highest BCUT2D eigenvalue weighted by molar-refractivity contribution is 5.94. The lowest BCUT2D eigenvalue weighted by Crippen LogP contribution is -2.50. The maximum Gasteiger partial charge on any atom is 0.253 e. The Balaban J connectivity index is 1.31. The van der Waals surface area contributed by atoms with Gasteiger partial charge >= 0.3 is 0 Å². The summed E-state index contributed by atoms with van der Waals surface area (Å²) < 4.78 is 7.26. The molecule has 0 aromatic carbocycles. The van der Waals surface area contributed by atoms with E-state index in [1.807, 2.05) is 29.7 Å². The molecule has 0 spiro atoms. The van der Waals surface area contributed by atoms with E-state index >= 15 is 0 Å². The Hall–Kier alpha value is -2.03. The lowest BCUT2D eigenvalue weighted by Gasteiger charge is -2.35. The van der Waals surface area contributed by atoms with E-state index in [1.54, 1.807) is 0 Å². The molecule has 8 heteroatoms. The number of carbonyl (C=O) groups excluding carboxylic acids is 1. The fourth-order valence-electron chi connectivity index (χ4n) is 3.89. The third-order valence-corrected chi connectivity index (χ3v) is 5.51. The van der Waals surface area contributed by atoms with Gasteiger partial charge in [-0.3, -0.25) is 14.1 Å². The fourth-order valence-corrected chi connectivity index (χ4v) is 3.89. The molecule has 0 bridgehead atoms. The van der Waals surface area contributed by atoms with Crippen molar-refractivity contribution in [3.8, 4) is 0 Å². The molecule has 1 amide bonds. The molecular formula is C19H28N6O2. The van der Waals surface area contributed by atoms with Crippen LogP contribution in [0.15, 0.2) is 18.3 Å². The normalized spacial score (nSPS) is 22.2. The highest BCUT2D eigenvalue weighted by Crippen LogP contribution is 2.12.